The first-order valence-electron chi connectivity index (χ1n) is 10.1. The second-order valence-corrected chi connectivity index (χ2v) is 7.86. The Morgan fingerprint density at radius 1 is 0.933 bits per heavy atom. The Labute approximate surface area is 176 Å². The number of para-hydroxylation sites is 1. The molecule has 7 nitrogen and oxygen atoms in total. The molecule has 0 radical (unpaired) electrons. The van der Waals surface area contributed by atoms with Gasteiger partial charge in [0, 0.05) is 23.0 Å². The Morgan fingerprint density at radius 2 is 1.53 bits per heavy atom. The molecule has 7 heteroatoms. The van der Waals surface area contributed by atoms with E-state index in [1.165, 1.54) is 0 Å². The lowest BCUT2D eigenvalue weighted by Crippen LogP contribution is -2.36. The maximum atomic E-state index is 12.4. The molecule has 0 bridgehead atoms. The Hall–Kier alpha value is -3.19. The largest absolute Gasteiger partial charge is 0.349 e. The van der Waals surface area contributed by atoms with Crippen molar-refractivity contribution in [3.05, 3.63) is 59.2 Å². The summed E-state index contributed by atoms with van der Waals surface area (Å²) in [7, 11) is 1.71. The van der Waals surface area contributed by atoms with E-state index in [1.54, 1.807) is 36.2 Å². The van der Waals surface area contributed by atoms with E-state index in [4.69, 9.17) is 0 Å². The second kappa shape index (κ2) is 9.54. The Bertz CT molecular complexity index is 933. The lowest BCUT2D eigenvalue weighted by molar-refractivity contribution is -0.119. The molecule has 30 heavy (non-hydrogen) atoms. The highest BCUT2D eigenvalue weighted by molar-refractivity contribution is 5.98. The zero-order valence-corrected chi connectivity index (χ0v) is 17.6. The summed E-state index contributed by atoms with van der Waals surface area (Å²) in [6.07, 6.45) is 2.04. The van der Waals surface area contributed by atoms with Crippen LogP contribution in [0.25, 0.3) is 0 Å². The molecule has 3 amide bonds. The van der Waals surface area contributed by atoms with E-state index < -0.39 is 0 Å². The molecule has 2 aromatic carbocycles. The van der Waals surface area contributed by atoms with Crippen molar-refractivity contribution in [1.82, 2.24) is 10.2 Å². The Kier molecular flexibility index (Phi) is 6.84. The van der Waals surface area contributed by atoms with E-state index in [2.05, 4.69) is 16.0 Å². The van der Waals surface area contributed by atoms with Crippen molar-refractivity contribution in [2.24, 2.45) is 0 Å². The normalized spacial score (nSPS) is 13.1. The van der Waals surface area contributed by atoms with E-state index in [-0.39, 0.29) is 36.9 Å². The van der Waals surface area contributed by atoms with Crippen LogP contribution in [0.4, 0.5) is 11.4 Å². The molecule has 1 aliphatic carbocycles. The zero-order valence-electron chi connectivity index (χ0n) is 17.6. The zero-order chi connectivity index (χ0) is 21.7. The third-order valence-corrected chi connectivity index (χ3v) is 4.89. The molecule has 2 aromatic rings. The molecule has 0 aromatic heterocycles. The molecular weight excluding hydrogens is 380 g/mol. The van der Waals surface area contributed by atoms with Crippen molar-refractivity contribution in [1.29, 1.82) is 0 Å². The monoisotopic (exact) mass is 408 g/mol. The van der Waals surface area contributed by atoms with Gasteiger partial charge in [-0.2, -0.15) is 0 Å². The number of amides is 3. The van der Waals surface area contributed by atoms with Crippen molar-refractivity contribution in [3.8, 4) is 0 Å². The number of hydrogen-bond donors (Lipinski definition) is 3. The summed E-state index contributed by atoms with van der Waals surface area (Å²) in [6, 6.07) is 13.0. The van der Waals surface area contributed by atoms with Crippen molar-refractivity contribution in [3.63, 3.8) is 0 Å². The van der Waals surface area contributed by atoms with E-state index in [9.17, 15) is 14.4 Å². The highest BCUT2D eigenvalue weighted by Crippen LogP contribution is 2.20. The topological polar surface area (TPSA) is 90.5 Å². The number of carbonyl (C=O) groups excluding carboxylic acids is 3. The lowest BCUT2D eigenvalue weighted by atomic mass is 10.1. The van der Waals surface area contributed by atoms with Crippen LogP contribution >= 0.6 is 0 Å². The third kappa shape index (κ3) is 6.15. The van der Waals surface area contributed by atoms with Gasteiger partial charge in [0.2, 0.25) is 11.8 Å². The van der Waals surface area contributed by atoms with Gasteiger partial charge in [-0.3, -0.25) is 19.3 Å². The van der Waals surface area contributed by atoms with Gasteiger partial charge < -0.3 is 16.0 Å². The minimum Gasteiger partial charge on any atom is -0.349 e. The van der Waals surface area contributed by atoms with Gasteiger partial charge in [-0.15, -0.1) is 0 Å². The minimum atomic E-state index is -0.253. The van der Waals surface area contributed by atoms with Gasteiger partial charge in [-0.25, -0.2) is 0 Å². The predicted molar refractivity (Wildman–Crippen MR) is 118 cm³/mol. The van der Waals surface area contributed by atoms with Gasteiger partial charge in [0.05, 0.1) is 13.1 Å². The second-order valence-electron chi connectivity index (χ2n) is 7.86. The van der Waals surface area contributed by atoms with Crippen LogP contribution in [0.2, 0.25) is 0 Å². The molecule has 0 spiro atoms. The minimum absolute atomic E-state index is 0.0542. The number of nitrogens with one attached hydrogen (secondary N) is 3. The van der Waals surface area contributed by atoms with Crippen LogP contribution in [0.3, 0.4) is 0 Å². The average Bonchev–Trinajstić information content (AvgIpc) is 3.48. The fraction of sp³-hybridized carbons (Fsp3) is 0.348. The average molecular weight is 409 g/mol. The summed E-state index contributed by atoms with van der Waals surface area (Å²) in [5.41, 5.74) is 3.86. The number of nitrogens with zero attached hydrogens (tertiary/aromatic N) is 1. The quantitative estimate of drug-likeness (QED) is 0.626. The van der Waals surface area contributed by atoms with E-state index in [1.807, 2.05) is 32.0 Å². The third-order valence-electron chi connectivity index (χ3n) is 4.89. The maximum Gasteiger partial charge on any atom is 0.251 e. The number of likely N-dealkylation sites (N-methyl/N-ethyl adjacent to an activating group) is 1. The summed E-state index contributed by atoms with van der Waals surface area (Å²) in [5.74, 6) is -0.563. The molecule has 1 fully saturated rings. The van der Waals surface area contributed by atoms with Crippen molar-refractivity contribution < 1.29 is 14.4 Å². The molecule has 0 heterocycles. The molecule has 1 aliphatic rings. The fourth-order valence-corrected chi connectivity index (χ4v) is 3.17. The number of carbonyl (C=O) groups is 3. The molecule has 0 saturated heterocycles. The Morgan fingerprint density at radius 3 is 2.17 bits per heavy atom. The van der Waals surface area contributed by atoms with Crippen LogP contribution in [-0.4, -0.2) is 48.8 Å². The molecule has 0 atom stereocenters. The van der Waals surface area contributed by atoms with Crippen LogP contribution in [0, 0.1) is 13.8 Å². The number of hydrogen-bond acceptors (Lipinski definition) is 4. The number of aryl methyl sites for hydroxylation is 2. The highest BCUT2D eigenvalue weighted by Gasteiger charge is 2.23. The van der Waals surface area contributed by atoms with Gasteiger partial charge in [-0.05, 0) is 63.1 Å². The highest BCUT2D eigenvalue weighted by atomic mass is 16.2. The standard InChI is InChI=1S/C23H28N4O3/c1-15-6-4-7-16(2)22(15)26-21(29)14-27(3)13-20(28)24-19-9-5-8-17(12-19)23(30)25-18-10-11-18/h4-9,12,18H,10-11,13-14H2,1-3H3,(H,24,28)(H,25,30)(H,26,29). The van der Waals surface area contributed by atoms with Gasteiger partial charge in [0.25, 0.3) is 5.91 Å². The predicted octanol–water partition coefficient (Wildman–Crippen LogP) is 2.70. The first-order valence-corrected chi connectivity index (χ1v) is 10.1. The molecule has 1 saturated carbocycles. The number of anilines is 2. The number of benzene rings is 2. The summed E-state index contributed by atoms with van der Waals surface area (Å²) >= 11 is 0. The van der Waals surface area contributed by atoms with E-state index >= 15 is 0 Å². The summed E-state index contributed by atoms with van der Waals surface area (Å²) in [4.78, 5) is 38.5. The molecule has 3 N–H and O–H groups in total. The van der Waals surface area contributed by atoms with Crippen LogP contribution in [0.5, 0.6) is 0 Å². The van der Waals surface area contributed by atoms with Crippen LogP contribution in [0.1, 0.15) is 34.3 Å². The first kappa shape index (κ1) is 21.5. The molecule has 0 unspecified atom stereocenters. The van der Waals surface area contributed by atoms with Crippen LogP contribution in [0.15, 0.2) is 42.5 Å². The van der Waals surface area contributed by atoms with Crippen LogP contribution in [-0.2, 0) is 9.59 Å². The first-order chi connectivity index (χ1) is 14.3. The molecule has 0 aliphatic heterocycles. The summed E-state index contributed by atoms with van der Waals surface area (Å²) in [5, 5.41) is 8.63. The summed E-state index contributed by atoms with van der Waals surface area (Å²) in [6.45, 7) is 4.03. The fourth-order valence-electron chi connectivity index (χ4n) is 3.17. The molecule has 3 rings (SSSR count). The van der Waals surface area contributed by atoms with Gasteiger partial charge in [0.1, 0.15) is 0 Å². The molecular formula is C23H28N4O3. The maximum absolute atomic E-state index is 12.4. The van der Waals surface area contributed by atoms with Gasteiger partial charge >= 0.3 is 0 Å². The summed E-state index contributed by atoms with van der Waals surface area (Å²) < 4.78 is 0. The SMILES string of the molecule is Cc1cccc(C)c1NC(=O)CN(C)CC(=O)Nc1cccc(C(=O)NC2CC2)c1. The van der Waals surface area contributed by atoms with E-state index in [0.717, 1.165) is 29.7 Å². The van der Waals surface area contributed by atoms with Crippen molar-refractivity contribution in [2.75, 3.05) is 30.8 Å². The van der Waals surface area contributed by atoms with Crippen molar-refractivity contribution >= 4 is 29.1 Å². The smallest absolute Gasteiger partial charge is 0.251 e. The van der Waals surface area contributed by atoms with Crippen molar-refractivity contribution in [2.45, 2.75) is 32.7 Å². The van der Waals surface area contributed by atoms with E-state index in [0.29, 0.717) is 11.3 Å². The lowest BCUT2D eigenvalue weighted by Gasteiger charge is -2.17. The van der Waals surface area contributed by atoms with Gasteiger partial charge in [-0.1, -0.05) is 24.3 Å². The van der Waals surface area contributed by atoms with Crippen LogP contribution < -0.4 is 16.0 Å². The van der Waals surface area contributed by atoms with Gasteiger partial charge in [0.15, 0.2) is 0 Å². The molecule has 158 valence electrons. The number of rotatable bonds is 8. The Balaban J connectivity index is 1.49.